The van der Waals surface area contributed by atoms with E-state index in [0.717, 1.165) is 50.1 Å². The third kappa shape index (κ3) is 4.78. The van der Waals surface area contributed by atoms with Crippen LogP contribution >= 0.6 is 11.3 Å². The highest BCUT2D eigenvalue weighted by molar-refractivity contribution is 7.25. The average Bonchev–Trinajstić information content (AvgIpc) is 3.80. The molecule has 0 atom stereocenters. The predicted octanol–water partition coefficient (Wildman–Crippen LogP) is 15.1. The van der Waals surface area contributed by atoms with Crippen LogP contribution in [0.3, 0.4) is 0 Å². The molecule has 0 aliphatic rings. The lowest BCUT2D eigenvalue weighted by Gasteiger charge is -2.30. The Morgan fingerprint density at radius 1 is 0.396 bits per heavy atom. The van der Waals surface area contributed by atoms with Crippen LogP contribution in [-0.4, -0.2) is 0 Å². The summed E-state index contributed by atoms with van der Waals surface area (Å²) in [5.74, 6) is 0. The van der Waals surface area contributed by atoms with E-state index in [9.17, 15) is 0 Å². The van der Waals surface area contributed by atoms with Crippen molar-refractivity contribution in [2.75, 3.05) is 4.90 Å². The molecule has 2 heterocycles. The van der Waals surface area contributed by atoms with Crippen molar-refractivity contribution >= 4 is 92.1 Å². The summed E-state index contributed by atoms with van der Waals surface area (Å²) in [4.78, 5) is 2.43. The summed E-state index contributed by atoms with van der Waals surface area (Å²) in [6, 6.07) is 68.0. The average molecular weight is 694 g/mol. The SMILES string of the molecule is c1ccc(-c2ccc3c(oc4ccccc43)c2N(c2ccc(-c3ccc4c(c3)sc3ccccc34)cc2)c2cc3ccccc3c3ccccc23)cc1. The van der Waals surface area contributed by atoms with Crippen LogP contribution in [0.2, 0.25) is 0 Å². The van der Waals surface area contributed by atoms with E-state index in [-0.39, 0.29) is 0 Å². The van der Waals surface area contributed by atoms with Crippen molar-refractivity contribution in [3.63, 3.8) is 0 Å². The van der Waals surface area contributed by atoms with Gasteiger partial charge in [0.2, 0.25) is 0 Å². The fourth-order valence-electron chi connectivity index (χ4n) is 8.16. The van der Waals surface area contributed by atoms with Crippen LogP contribution in [0.1, 0.15) is 0 Å². The second-order valence-electron chi connectivity index (χ2n) is 13.7. The summed E-state index contributed by atoms with van der Waals surface area (Å²) in [6.07, 6.45) is 0. The maximum Gasteiger partial charge on any atom is 0.160 e. The molecule has 2 aromatic heterocycles. The van der Waals surface area contributed by atoms with E-state index in [4.69, 9.17) is 4.42 Å². The standard InChI is InChI=1S/C50H31NOS/c1-2-12-33(13-3-1)38-28-29-44-41-18-8-10-20-46(41)52-50(44)49(38)51(45-30-35-14-4-5-15-37(35)39-16-6-7-17-40(39)45)36-25-22-32(23-26-36)34-24-27-43-42-19-9-11-21-47(42)53-48(43)31-34/h1-31H. The van der Waals surface area contributed by atoms with E-state index in [0.29, 0.717) is 0 Å². The van der Waals surface area contributed by atoms with Crippen molar-refractivity contribution < 1.29 is 4.42 Å². The number of nitrogens with zero attached hydrogens (tertiary/aromatic N) is 1. The van der Waals surface area contributed by atoms with Crippen LogP contribution in [0, 0.1) is 0 Å². The number of thiophene rings is 1. The van der Waals surface area contributed by atoms with E-state index >= 15 is 0 Å². The van der Waals surface area contributed by atoms with Crippen molar-refractivity contribution in [2.24, 2.45) is 0 Å². The summed E-state index contributed by atoms with van der Waals surface area (Å²) in [5, 5.41) is 9.67. The number of para-hydroxylation sites is 1. The van der Waals surface area contributed by atoms with Gasteiger partial charge in [0.25, 0.3) is 0 Å². The Labute approximate surface area is 310 Å². The zero-order valence-corrected chi connectivity index (χ0v) is 29.5. The van der Waals surface area contributed by atoms with Gasteiger partial charge in [-0.2, -0.15) is 0 Å². The zero-order valence-electron chi connectivity index (χ0n) is 28.7. The molecule has 0 aliphatic heterocycles. The summed E-state index contributed by atoms with van der Waals surface area (Å²) in [7, 11) is 0. The number of fused-ring (bicyclic) bond motifs is 9. The molecular weight excluding hydrogens is 663 g/mol. The van der Waals surface area contributed by atoms with Crippen LogP contribution in [0.4, 0.5) is 17.1 Å². The summed E-state index contributed by atoms with van der Waals surface area (Å²) < 4.78 is 9.52. The number of hydrogen-bond donors (Lipinski definition) is 0. The minimum atomic E-state index is 0.865. The van der Waals surface area contributed by atoms with Gasteiger partial charge in [-0.05, 0) is 75.3 Å². The highest BCUT2D eigenvalue weighted by atomic mass is 32.1. The quantitative estimate of drug-likeness (QED) is 0.167. The van der Waals surface area contributed by atoms with Crippen molar-refractivity contribution in [1.29, 1.82) is 0 Å². The molecule has 2 nitrogen and oxygen atoms in total. The van der Waals surface area contributed by atoms with Gasteiger partial charge in [0.15, 0.2) is 5.58 Å². The van der Waals surface area contributed by atoms with Gasteiger partial charge in [-0.15, -0.1) is 11.3 Å². The monoisotopic (exact) mass is 693 g/mol. The predicted molar refractivity (Wildman–Crippen MR) is 227 cm³/mol. The van der Waals surface area contributed by atoms with Crippen LogP contribution < -0.4 is 4.90 Å². The fraction of sp³-hybridized carbons (Fsp3) is 0. The van der Waals surface area contributed by atoms with Gasteiger partial charge in [-0.1, -0.05) is 146 Å². The molecular formula is C50H31NOS. The molecule has 11 aromatic rings. The van der Waals surface area contributed by atoms with Crippen molar-refractivity contribution in [3.8, 4) is 22.3 Å². The molecule has 0 unspecified atom stereocenters. The molecule has 0 aliphatic carbocycles. The molecule has 3 heteroatoms. The molecule has 0 saturated carbocycles. The van der Waals surface area contributed by atoms with Crippen molar-refractivity contribution in [1.82, 2.24) is 0 Å². The largest absolute Gasteiger partial charge is 0.454 e. The lowest BCUT2D eigenvalue weighted by Crippen LogP contribution is -2.12. The third-order valence-corrected chi connectivity index (χ3v) is 11.8. The Bertz CT molecular complexity index is 3170. The molecule has 248 valence electrons. The first kappa shape index (κ1) is 30.0. The maximum absolute atomic E-state index is 6.89. The van der Waals surface area contributed by atoms with Gasteiger partial charge < -0.3 is 9.32 Å². The molecule has 53 heavy (non-hydrogen) atoms. The fourth-order valence-corrected chi connectivity index (χ4v) is 9.31. The topological polar surface area (TPSA) is 16.4 Å². The zero-order chi connectivity index (χ0) is 34.9. The Morgan fingerprint density at radius 3 is 1.89 bits per heavy atom. The van der Waals surface area contributed by atoms with Crippen molar-refractivity contribution in [3.05, 3.63) is 188 Å². The Morgan fingerprint density at radius 2 is 1.04 bits per heavy atom. The molecule has 0 radical (unpaired) electrons. The van der Waals surface area contributed by atoms with Crippen LogP contribution in [-0.2, 0) is 0 Å². The second-order valence-corrected chi connectivity index (χ2v) is 14.7. The molecule has 0 N–H and O–H groups in total. The number of rotatable bonds is 5. The third-order valence-electron chi connectivity index (χ3n) is 10.7. The molecule has 0 amide bonds. The first-order valence-corrected chi connectivity index (χ1v) is 18.8. The van der Waals surface area contributed by atoms with Crippen LogP contribution in [0.15, 0.2) is 192 Å². The van der Waals surface area contributed by atoms with Gasteiger partial charge >= 0.3 is 0 Å². The Balaban J connectivity index is 1.19. The first-order chi connectivity index (χ1) is 26.3. The summed E-state index contributed by atoms with van der Waals surface area (Å²) >= 11 is 1.86. The summed E-state index contributed by atoms with van der Waals surface area (Å²) in [6.45, 7) is 0. The van der Waals surface area contributed by atoms with Gasteiger partial charge in [0.1, 0.15) is 5.58 Å². The minimum Gasteiger partial charge on any atom is -0.454 e. The van der Waals surface area contributed by atoms with E-state index in [1.54, 1.807) is 0 Å². The number of furan rings is 1. The Kier molecular flexibility index (Phi) is 6.76. The maximum atomic E-state index is 6.89. The molecule has 0 fully saturated rings. The van der Waals surface area contributed by atoms with Gasteiger partial charge in [0, 0.05) is 47.6 Å². The van der Waals surface area contributed by atoms with Gasteiger partial charge in [-0.25, -0.2) is 0 Å². The van der Waals surface area contributed by atoms with E-state index in [1.807, 2.05) is 17.4 Å². The lowest BCUT2D eigenvalue weighted by atomic mass is 9.96. The molecule has 9 aromatic carbocycles. The van der Waals surface area contributed by atoms with E-state index in [2.05, 4.69) is 187 Å². The lowest BCUT2D eigenvalue weighted by molar-refractivity contribution is 0.669. The van der Waals surface area contributed by atoms with Crippen LogP contribution in [0.25, 0.3) is 85.9 Å². The van der Waals surface area contributed by atoms with Gasteiger partial charge in [0.05, 0.1) is 11.4 Å². The normalized spacial score (nSPS) is 11.8. The molecule has 0 spiro atoms. The second kappa shape index (κ2) is 11.9. The molecule has 0 saturated heterocycles. The smallest absolute Gasteiger partial charge is 0.160 e. The highest BCUT2D eigenvalue weighted by Crippen LogP contribution is 2.50. The number of anilines is 3. The molecule has 0 bridgehead atoms. The number of hydrogen-bond acceptors (Lipinski definition) is 3. The van der Waals surface area contributed by atoms with Crippen molar-refractivity contribution in [2.45, 2.75) is 0 Å². The molecule has 11 rings (SSSR count). The van der Waals surface area contributed by atoms with E-state index in [1.165, 1.54) is 52.8 Å². The highest BCUT2D eigenvalue weighted by Gasteiger charge is 2.26. The van der Waals surface area contributed by atoms with Crippen LogP contribution in [0.5, 0.6) is 0 Å². The first-order valence-electron chi connectivity index (χ1n) is 18.0. The summed E-state index contributed by atoms with van der Waals surface area (Å²) in [5.41, 5.74) is 9.55. The van der Waals surface area contributed by atoms with Gasteiger partial charge in [-0.3, -0.25) is 0 Å². The minimum absolute atomic E-state index is 0.865. The number of benzene rings is 9. The van der Waals surface area contributed by atoms with E-state index < -0.39 is 0 Å². The Hall–Kier alpha value is -6.68.